The Morgan fingerprint density at radius 2 is 1.92 bits per heavy atom. The van der Waals surface area contributed by atoms with Crippen molar-refractivity contribution in [3.63, 3.8) is 0 Å². The van der Waals surface area contributed by atoms with Crippen LogP contribution in [0.1, 0.15) is 19.4 Å². The van der Waals surface area contributed by atoms with Gasteiger partial charge in [0, 0.05) is 0 Å². The molecule has 0 spiro atoms. The van der Waals surface area contributed by atoms with E-state index in [0.29, 0.717) is 0 Å². The highest BCUT2D eigenvalue weighted by molar-refractivity contribution is 5.50. The normalized spacial score (nSPS) is 9.17. The fourth-order valence-electron chi connectivity index (χ4n) is 0.973. The molecule has 0 aliphatic carbocycles. The first-order chi connectivity index (χ1) is 5.68. The summed E-state index contributed by atoms with van der Waals surface area (Å²) in [5.74, 6) is 0. The maximum atomic E-state index is 10.9. The third-order valence-electron chi connectivity index (χ3n) is 1.44. The van der Waals surface area contributed by atoms with Crippen LogP contribution in [0.5, 0.6) is 0 Å². The first-order valence-electron chi connectivity index (χ1n) is 3.94. The molecule has 62 valence electrons. The zero-order valence-electron chi connectivity index (χ0n) is 7.37. The summed E-state index contributed by atoms with van der Waals surface area (Å²) >= 11 is 0. The molecule has 0 heterocycles. The molecule has 0 bridgehead atoms. The lowest BCUT2D eigenvalue weighted by Gasteiger charge is -1.87. The van der Waals surface area contributed by atoms with Crippen LogP contribution in [0.3, 0.4) is 0 Å². The molecule has 0 atom stereocenters. The van der Waals surface area contributed by atoms with Gasteiger partial charge in [-0.25, -0.2) is 0 Å². The maximum absolute atomic E-state index is 10.9. The number of hydrogen-bond acceptors (Lipinski definition) is 1. The predicted octanol–water partition coefficient (Wildman–Crippen LogP) is 2.47. The van der Waals surface area contributed by atoms with Gasteiger partial charge in [0.25, 0.3) is 0 Å². The second-order valence-electron chi connectivity index (χ2n) is 2.98. The molecule has 0 saturated heterocycles. The van der Waals surface area contributed by atoms with E-state index in [1.165, 1.54) is 5.57 Å². The minimum atomic E-state index is 0.0448. The summed E-state index contributed by atoms with van der Waals surface area (Å²) in [5, 5.41) is 0. The van der Waals surface area contributed by atoms with E-state index in [0.717, 1.165) is 5.56 Å². The zero-order valence-corrected chi connectivity index (χ0v) is 7.37. The molecular formula is C11H12O. The van der Waals surface area contributed by atoms with E-state index in [2.05, 4.69) is 0 Å². The maximum Gasteiger partial charge on any atom is 0.178 e. The van der Waals surface area contributed by atoms with Crippen LogP contribution in [0.2, 0.25) is 0 Å². The topological polar surface area (TPSA) is 17.1 Å². The minimum absolute atomic E-state index is 0.0448. The molecule has 1 nitrogen and oxygen atoms in total. The van der Waals surface area contributed by atoms with E-state index < -0.39 is 0 Å². The van der Waals surface area contributed by atoms with Crippen molar-refractivity contribution in [2.24, 2.45) is 0 Å². The molecule has 1 heteroatoms. The van der Waals surface area contributed by atoms with Gasteiger partial charge in [-0.2, -0.15) is 0 Å². The van der Waals surface area contributed by atoms with Crippen LogP contribution in [0.4, 0.5) is 0 Å². The fourth-order valence-corrected chi connectivity index (χ4v) is 0.973. The minimum Gasteiger partial charge on any atom is -0.290 e. The smallest absolute Gasteiger partial charge is 0.178 e. The lowest BCUT2D eigenvalue weighted by atomic mass is 10.2. The van der Waals surface area contributed by atoms with Gasteiger partial charge in [-0.05, 0) is 31.5 Å². The fraction of sp³-hybridized carbons (Fsp3) is 0.182. The van der Waals surface area contributed by atoms with Crippen LogP contribution in [-0.2, 0) is 0 Å². The van der Waals surface area contributed by atoms with Crippen molar-refractivity contribution in [3.05, 3.63) is 51.7 Å². The molecule has 1 rings (SSSR count). The Labute approximate surface area is 72.4 Å². The van der Waals surface area contributed by atoms with E-state index in [1.807, 2.05) is 32.1 Å². The highest BCUT2D eigenvalue weighted by Gasteiger charge is 1.84. The summed E-state index contributed by atoms with van der Waals surface area (Å²) in [6.07, 6.45) is 2.04. The monoisotopic (exact) mass is 160 g/mol. The average Bonchev–Trinajstić information content (AvgIpc) is 2.15. The van der Waals surface area contributed by atoms with Crippen molar-refractivity contribution in [1.29, 1.82) is 0 Å². The summed E-state index contributed by atoms with van der Waals surface area (Å²) in [5.41, 5.74) is 2.34. The van der Waals surface area contributed by atoms with Crippen molar-refractivity contribution in [2.45, 2.75) is 13.8 Å². The van der Waals surface area contributed by atoms with Crippen molar-refractivity contribution in [2.75, 3.05) is 0 Å². The van der Waals surface area contributed by atoms with Crippen LogP contribution < -0.4 is 5.43 Å². The summed E-state index contributed by atoms with van der Waals surface area (Å²) in [6.45, 7) is 4.07. The third-order valence-corrected chi connectivity index (χ3v) is 1.44. The number of hydrogen-bond donors (Lipinski definition) is 0. The Morgan fingerprint density at radius 1 is 1.17 bits per heavy atom. The summed E-state index contributed by atoms with van der Waals surface area (Å²) < 4.78 is 0. The average molecular weight is 160 g/mol. The Balaban J connectivity index is 3.14. The molecule has 0 aliphatic rings. The van der Waals surface area contributed by atoms with Gasteiger partial charge in [0.05, 0.1) is 0 Å². The molecule has 0 fully saturated rings. The van der Waals surface area contributed by atoms with Gasteiger partial charge in [0.15, 0.2) is 5.43 Å². The van der Waals surface area contributed by atoms with Gasteiger partial charge in [-0.1, -0.05) is 29.8 Å². The summed E-state index contributed by atoms with van der Waals surface area (Å²) in [6, 6.07) is 8.66. The van der Waals surface area contributed by atoms with E-state index >= 15 is 0 Å². The van der Waals surface area contributed by atoms with Crippen LogP contribution in [-0.4, -0.2) is 0 Å². The number of rotatable bonds is 1. The van der Waals surface area contributed by atoms with Gasteiger partial charge < -0.3 is 0 Å². The van der Waals surface area contributed by atoms with Crippen molar-refractivity contribution in [1.82, 2.24) is 0 Å². The highest BCUT2D eigenvalue weighted by Crippen LogP contribution is 2.02. The Morgan fingerprint density at radius 3 is 2.58 bits per heavy atom. The van der Waals surface area contributed by atoms with Gasteiger partial charge in [0.2, 0.25) is 0 Å². The summed E-state index contributed by atoms with van der Waals surface area (Å²) in [4.78, 5) is 10.9. The van der Waals surface area contributed by atoms with Crippen molar-refractivity contribution in [3.8, 4) is 0 Å². The molecule has 0 radical (unpaired) electrons. The molecule has 12 heavy (non-hydrogen) atoms. The largest absolute Gasteiger partial charge is 0.290 e. The van der Waals surface area contributed by atoms with E-state index in [1.54, 1.807) is 18.2 Å². The second-order valence-corrected chi connectivity index (χ2v) is 2.98. The Kier molecular flexibility index (Phi) is 2.81. The highest BCUT2D eigenvalue weighted by atomic mass is 16.1. The molecular weight excluding hydrogens is 148 g/mol. The Hall–Kier alpha value is -1.37. The van der Waals surface area contributed by atoms with Crippen molar-refractivity contribution < 1.29 is 0 Å². The molecule has 0 N–H and O–H groups in total. The number of allylic oxidation sites excluding steroid dienone is 1. The molecule has 0 amide bonds. The predicted molar refractivity (Wildman–Crippen MR) is 52.0 cm³/mol. The lowest BCUT2D eigenvalue weighted by molar-refractivity contribution is 1.42. The molecule has 0 aliphatic heterocycles. The van der Waals surface area contributed by atoms with Crippen LogP contribution in [0.25, 0.3) is 6.08 Å². The van der Waals surface area contributed by atoms with Crippen LogP contribution >= 0.6 is 0 Å². The molecule has 0 aromatic heterocycles. The first kappa shape index (κ1) is 8.72. The van der Waals surface area contributed by atoms with Gasteiger partial charge in [-0.3, -0.25) is 4.79 Å². The molecule has 1 aromatic carbocycles. The Bertz CT molecular complexity index is 346. The van der Waals surface area contributed by atoms with Crippen LogP contribution in [0, 0.1) is 0 Å². The van der Waals surface area contributed by atoms with E-state index in [4.69, 9.17) is 0 Å². The van der Waals surface area contributed by atoms with E-state index in [9.17, 15) is 4.79 Å². The first-order valence-corrected chi connectivity index (χ1v) is 3.94. The molecule has 0 unspecified atom stereocenters. The van der Waals surface area contributed by atoms with Gasteiger partial charge >= 0.3 is 0 Å². The molecule has 1 aromatic rings. The van der Waals surface area contributed by atoms with E-state index in [-0.39, 0.29) is 5.43 Å². The quantitative estimate of drug-likeness (QED) is 0.616. The van der Waals surface area contributed by atoms with Crippen molar-refractivity contribution >= 4 is 6.08 Å². The third kappa shape index (κ3) is 2.70. The zero-order chi connectivity index (χ0) is 8.97. The van der Waals surface area contributed by atoms with Crippen LogP contribution in [0.15, 0.2) is 40.7 Å². The standard InChI is InChI=1S/C11H12O/c1-9(2)8-10-4-3-5-11(12)7-6-10/h3-8H,1-2H3. The SMILES string of the molecule is CC(C)=Cc1cccc(=O)cc1. The van der Waals surface area contributed by atoms with Gasteiger partial charge in [0.1, 0.15) is 0 Å². The second kappa shape index (κ2) is 3.86. The lowest BCUT2D eigenvalue weighted by Crippen LogP contribution is -1.87. The van der Waals surface area contributed by atoms with Gasteiger partial charge in [-0.15, -0.1) is 0 Å². The summed E-state index contributed by atoms with van der Waals surface area (Å²) in [7, 11) is 0. The molecule has 0 saturated carbocycles.